The second kappa shape index (κ2) is 13.7. The standard InChI is InChI=1S/C18H32Br2N2O3/c1-4-7-13(11-19)9-16(23)22(15(6-3)18(21)25)17(24)10-14(12-20)8-5-2/h13-15H,4-12H2,1-3H3,(H2,21,25)/t13-,14+,15-/m0/s1. The van der Waals surface area contributed by atoms with Gasteiger partial charge in [-0.1, -0.05) is 65.5 Å². The van der Waals surface area contributed by atoms with Crippen LogP contribution >= 0.6 is 31.9 Å². The molecule has 0 unspecified atom stereocenters. The van der Waals surface area contributed by atoms with Crippen molar-refractivity contribution in [2.75, 3.05) is 10.7 Å². The largest absolute Gasteiger partial charge is 0.368 e. The van der Waals surface area contributed by atoms with E-state index < -0.39 is 11.9 Å². The van der Waals surface area contributed by atoms with Crippen molar-refractivity contribution in [3.63, 3.8) is 0 Å². The van der Waals surface area contributed by atoms with Gasteiger partial charge in [-0.2, -0.15) is 0 Å². The molecule has 0 saturated carbocycles. The molecule has 146 valence electrons. The van der Waals surface area contributed by atoms with Crippen LogP contribution in [0.1, 0.15) is 65.7 Å². The molecule has 0 aliphatic heterocycles. The second-order valence-corrected chi connectivity index (χ2v) is 7.81. The number of nitrogens with zero attached hydrogens (tertiary/aromatic N) is 1. The van der Waals surface area contributed by atoms with Crippen molar-refractivity contribution in [3.05, 3.63) is 0 Å². The van der Waals surface area contributed by atoms with E-state index in [-0.39, 0.29) is 36.5 Å². The second-order valence-electron chi connectivity index (χ2n) is 6.51. The third-order valence-electron chi connectivity index (χ3n) is 4.32. The highest BCUT2D eigenvalue weighted by atomic mass is 79.9. The topological polar surface area (TPSA) is 80.5 Å². The van der Waals surface area contributed by atoms with E-state index in [0.29, 0.717) is 17.1 Å². The molecule has 0 fully saturated rings. The Balaban J connectivity index is 5.36. The van der Waals surface area contributed by atoms with Crippen LogP contribution in [0.3, 0.4) is 0 Å². The fourth-order valence-electron chi connectivity index (χ4n) is 2.97. The molecule has 0 heterocycles. The minimum atomic E-state index is -0.866. The number of hydrogen-bond acceptors (Lipinski definition) is 3. The molecule has 0 aromatic carbocycles. The lowest BCUT2D eigenvalue weighted by molar-refractivity contribution is -0.152. The SMILES string of the molecule is CCC[C@@H](CBr)CC(=O)N(C(=O)C[C@@H](CBr)CCC)[C@@H](CC)C(N)=O. The van der Waals surface area contributed by atoms with Crippen molar-refractivity contribution in [3.8, 4) is 0 Å². The molecule has 5 nitrogen and oxygen atoms in total. The average molecular weight is 484 g/mol. The van der Waals surface area contributed by atoms with Crippen molar-refractivity contribution in [1.82, 2.24) is 4.90 Å². The number of hydrogen-bond donors (Lipinski definition) is 1. The van der Waals surface area contributed by atoms with Crippen LogP contribution in [0, 0.1) is 11.8 Å². The summed E-state index contributed by atoms with van der Waals surface area (Å²) in [5.41, 5.74) is 5.46. The zero-order valence-corrected chi connectivity index (χ0v) is 18.8. The van der Waals surface area contributed by atoms with Gasteiger partial charge in [0.15, 0.2) is 0 Å². The van der Waals surface area contributed by atoms with Gasteiger partial charge in [0.2, 0.25) is 17.7 Å². The Morgan fingerprint density at radius 3 is 1.52 bits per heavy atom. The van der Waals surface area contributed by atoms with E-state index in [0.717, 1.165) is 30.6 Å². The van der Waals surface area contributed by atoms with Gasteiger partial charge >= 0.3 is 0 Å². The minimum absolute atomic E-state index is 0.154. The molecule has 0 aromatic heterocycles. The monoisotopic (exact) mass is 482 g/mol. The summed E-state index contributed by atoms with van der Waals surface area (Å²) in [5.74, 6) is -0.903. The fourth-order valence-corrected chi connectivity index (χ4v) is 4.08. The lowest BCUT2D eigenvalue weighted by atomic mass is 9.98. The Morgan fingerprint density at radius 2 is 1.28 bits per heavy atom. The van der Waals surface area contributed by atoms with Gasteiger partial charge in [-0.25, -0.2) is 0 Å². The van der Waals surface area contributed by atoms with Crippen LogP contribution in [-0.4, -0.2) is 39.3 Å². The number of halogens is 2. The van der Waals surface area contributed by atoms with Crippen molar-refractivity contribution < 1.29 is 14.4 Å². The first-order valence-electron chi connectivity index (χ1n) is 9.12. The number of primary amides is 1. The fraction of sp³-hybridized carbons (Fsp3) is 0.833. The number of carbonyl (C=O) groups is 3. The molecule has 0 spiro atoms. The number of alkyl halides is 2. The first-order chi connectivity index (χ1) is 11.9. The Hall–Kier alpha value is -0.430. The van der Waals surface area contributed by atoms with Crippen LogP contribution in [0.2, 0.25) is 0 Å². The van der Waals surface area contributed by atoms with Gasteiger partial charge in [0.25, 0.3) is 0 Å². The Morgan fingerprint density at radius 1 is 0.880 bits per heavy atom. The quantitative estimate of drug-likeness (QED) is 0.402. The van der Waals surface area contributed by atoms with Crippen LogP contribution in [0.5, 0.6) is 0 Å². The Bertz CT molecular complexity index is 405. The predicted molar refractivity (Wildman–Crippen MR) is 109 cm³/mol. The highest BCUT2D eigenvalue weighted by Gasteiger charge is 2.33. The molecular formula is C18H32Br2N2O3. The summed E-state index contributed by atoms with van der Waals surface area (Å²) >= 11 is 6.87. The highest BCUT2D eigenvalue weighted by Crippen LogP contribution is 2.21. The summed E-state index contributed by atoms with van der Waals surface area (Å²) < 4.78 is 0. The summed E-state index contributed by atoms with van der Waals surface area (Å²) in [5, 5.41) is 1.39. The number of amides is 3. The molecule has 0 bridgehead atoms. The van der Waals surface area contributed by atoms with Gasteiger partial charge < -0.3 is 5.73 Å². The Kier molecular flexibility index (Phi) is 13.5. The predicted octanol–water partition coefficient (Wildman–Crippen LogP) is 4.01. The first-order valence-corrected chi connectivity index (χ1v) is 11.4. The van der Waals surface area contributed by atoms with Crippen molar-refractivity contribution >= 4 is 49.6 Å². The van der Waals surface area contributed by atoms with E-state index in [1.807, 2.05) is 0 Å². The van der Waals surface area contributed by atoms with Gasteiger partial charge in [0.1, 0.15) is 6.04 Å². The van der Waals surface area contributed by atoms with E-state index in [2.05, 4.69) is 45.7 Å². The van der Waals surface area contributed by atoms with Crippen LogP contribution in [0.15, 0.2) is 0 Å². The minimum Gasteiger partial charge on any atom is -0.368 e. The number of nitrogens with two attached hydrogens (primary N) is 1. The normalized spacial score (nSPS) is 14.6. The van der Waals surface area contributed by atoms with Gasteiger partial charge in [-0.3, -0.25) is 19.3 Å². The van der Waals surface area contributed by atoms with Gasteiger partial charge in [0.05, 0.1) is 0 Å². The Labute approximate surface area is 168 Å². The molecule has 0 aliphatic rings. The molecular weight excluding hydrogens is 452 g/mol. The van der Waals surface area contributed by atoms with Crippen molar-refractivity contribution in [2.45, 2.75) is 71.8 Å². The third kappa shape index (κ3) is 8.67. The maximum atomic E-state index is 12.8. The third-order valence-corrected chi connectivity index (χ3v) is 6.15. The lowest BCUT2D eigenvalue weighted by Crippen LogP contribution is -2.51. The zero-order valence-electron chi connectivity index (χ0n) is 15.6. The molecule has 0 aliphatic carbocycles. The number of imide groups is 1. The van der Waals surface area contributed by atoms with Crippen LogP contribution in [0.25, 0.3) is 0 Å². The van der Waals surface area contributed by atoms with E-state index >= 15 is 0 Å². The number of carbonyl (C=O) groups excluding carboxylic acids is 3. The molecule has 0 rings (SSSR count). The van der Waals surface area contributed by atoms with Gasteiger partial charge in [-0.15, -0.1) is 0 Å². The maximum absolute atomic E-state index is 12.8. The van der Waals surface area contributed by atoms with Gasteiger partial charge in [-0.05, 0) is 31.1 Å². The summed E-state index contributed by atoms with van der Waals surface area (Å²) in [7, 11) is 0. The van der Waals surface area contributed by atoms with Crippen LogP contribution < -0.4 is 5.73 Å². The van der Waals surface area contributed by atoms with Crippen molar-refractivity contribution in [2.24, 2.45) is 17.6 Å². The molecule has 7 heteroatoms. The van der Waals surface area contributed by atoms with E-state index in [4.69, 9.17) is 5.73 Å². The smallest absolute Gasteiger partial charge is 0.240 e. The molecule has 0 aromatic rings. The summed E-state index contributed by atoms with van der Waals surface area (Å²) in [6, 6.07) is -0.866. The van der Waals surface area contributed by atoms with E-state index in [1.54, 1.807) is 6.92 Å². The molecule has 3 atom stereocenters. The van der Waals surface area contributed by atoms with Crippen LogP contribution in [-0.2, 0) is 14.4 Å². The zero-order chi connectivity index (χ0) is 19.4. The van der Waals surface area contributed by atoms with Crippen molar-refractivity contribution in [1.29, 1.82) is 0 Å². The van der Waals surface area contributed by atoms with Gasteiger partial charge in [0, 0.05) is 23.5 Å². The molecule has 2 N–H and O–H groups in total. The average Bonchev–Trinajstić information content (AvgIpc) is 2.57. The number of rotatable bonds is 13. The van der Waals surface area contributed by atoms with E-state index in [1.165, 1.54) is 0 Å². The van der Waals surface area contributed by atoms with E-state index in [9.17, 15) is 14.4 Å². The molecule has 0 saturated heterocycles. The molecule has 3 amide bonds. The first kappa shape index (κ1) is 24.6. The summed E-state index contributed by atoms with van der Waals surface area (Å²) in [6.07, 6.45) is 4.56. The lowest BCUT2D eigenvalue weighted by Gasteiger charge is -2.30. The maximum Gasteiger partial charge on any atom is 0.240 e. The molecule has 25 heavy (non-hydrogen) atoms. The summed E-state index contributed by atoms with van der Waals surface area (Å²) in [4.78, 5) is 38.6. The highest BCUT2D eigenvalue weighted by molar-refractivity contribution is 9.09. The van der Waals surface area contributed by atoms with Crippen LogP contribution in [0.4, 0.5) is 0 Å². The summed E-state index contributed by atoms with van der Waals surface area (Å²) in [6.45, 7) is 5.89. The molecule has 0 radical (unpaired) electrons.